The number of amides is 1. The van der Waals surface area contributed by atoms with Crippen molar-refractivity contribution in [3.63, 3.8) is 0 Å². The summed E-state index contributed by atoms with van der Waals surface area (Å²) in [6.45, 7) is 6.75. The van der Waals surface area contributed by atoms with Crippen LogP contribution in [-0.2, 0) is 28.5 Å². The number of nitrogens with zero attached hydrogens (tertiary/aromatic N) is 1. The van der Waals surface area contributed by atoms with E-state index in [1.165, 1.54) is 31.4 Å². The van der Waals surface area contributed by atoms with Gasteiger partial charge < -0.3 is 64.4 Å². The average Bonchev–Trinajstić information content (AvgIpc) is 3.70. The summed E-state index contributed by atoms with van der Waals surface area (Å²) in [7, 11) is 4.95. The number of allylic oxidation sites excluding steroid dienone is 2. The second-order valence-electron chi connectivity index (χ2n) is 16.0. The van der Waals surface area contributed by atoms with Gasteiger partial charge in [0.2, 0.25) is 0 Å². The lowest BCUT2D eigenvalue weighted by molar-refractivity contribution is -0.425. The number of fused-ring (bicyclic) bond motifs is 2. The molecule has 11 rings (SSSR count). The van der Waals surface area contributed by atoms with Crippen LogP contribution in [0.1, 0.15) is 71.1 Å². The zero-order valence-electron chi connectivity index (χ0n) is 33.4. The molecule has 1 amide bonds. The molecule has 0 saturated carbocycles. The van der Waals surface area contributed by atoms with Gasteiger partial charge in [0.1, 0.15) is 37.0 Å². The van der Waals surface area contributed by atoms with Crippen LogP contribution < -0.4 is 25.3 Å². The quantitative estimate of drug-likeness (QED) is 0.177. The number of halogens is 1. The van der Waals surface area contributed by atoms with Gasteiger partial charge in [0.15, 0.2) is 47.1 Å². The van der Waals surface area contributed by atoms with E-state index in [2.05, 4.69) is 17.6 Å². The Labute approximate surface area is 349 Å². The van der Waals surface area contributed by atoms with E-state index >= 15 is 0 Å². The minimum absolute atomic E-state index is 0.0313. The van der Waals surface area contributed by atoms with Crippen molar-refractivity contribution < 1.29 is 68.6 Å². The molecular formula is C43H45ClN3O13+. The molecule has 8 atom stereocenters. The van der Waals surface area contributed by atoms with Gasteiger partial charge in [-0.05, 0) is 75.0 Å². The number of hydrogen-bond acceptors (Lipinski definition) is 14. The Morgan fingerprint density at radius 3 is 2.57 bits per heavy atom. The van der Waals surface area contributed by atoms with Crippen LogP contribution >= 0.6 is 11.6 Å². The first-order chi connectivity index (χ1) is 28.4. The molecule has 6 aliphatic heterocycles. The van der Waals surface area contributed by atoms with E-state index in [9.17, 15) is 29.7 Å². The molecule has 60 heavy (non-hydrogen) atoms. The molecule has 0 spiro atoms. The highest BCUT2D eigenvalue weighted by atomic mass is 35.5. The van der Waals surface area contributed by atoms with Crippen molar-refractivity contribution in [3.05, 3.63) is 106 Å². The number of carbonyl (C=O) groups is 3. The number of aromatic hydroxyl groups is 1. The first-order valence-corrected chi connectivity index (χ1v) is 19.5. The number of nitrogens with one attached hydrogen (secondary N) is 1. The standard InChI is InChI=1S/C43H44ClN3O13/c1-19-39(52)46-33-25(15-22(54-6)16-30(33)56-19)40(53)57-31-18-55-32(49)17-28(45)21-13-27(44)36(29(48)14-21)58-38-23-10-9-20(31)12-24(23)26-8-7-11-43(26,38)60-41-35(51)34(50)37(47(4)5)42(2,3)59-41/h7-16,28,31,34-35,37-38,41,48,50-51H,1,17-18,45H2,2-6H3,(H,46,52)/p+1/t28-,31+,34-,35-,37+,38+,41+,43+/m1/s1. The minimum atomic E-state index is -1.54. The summed E-state index contributed by atoms with van der Waals surface area (Å²) in [6.07, 6.45) is -1.42. The highest BCUT2D eigenvalue weighted by Crippen LogP contribution is 2.58. The monoisotopic (exact) mass is 846 g/mol. The fourth-order valence-corrected chi connectivity index (χ4v) is 8.95. The molecule has 1 saturated heterocycles. The molecule has 0 radical (unpaired) electrons. The van der Waals surface area contributed by atoms with Gasteiger partial charge in [0.05, 0.1) is 35.0 Å². The number of quaternary nitrogens is 1. The molecule has 3 aromatic carbocycles. The molecule has 316 valence electrons. The van der Waals surface area contributed by atoms with Gasteiger partial charge in [-0.3, -0.25) is 9.59 Å². The van der Waals surface area contributed by atoms with Gasteiger partial charge in [-0.1, -0.05) is 42.5 Å². The van der Waals surface area contributed by atoms with Gasteiger partial charge in [-0.15, -0.1) is 0 Å². The van der Waals surface area contributed by atoms with Crippen LogP contribution in [0.15, 0.2) is 73.0 Å². The van der Waals surface area contributed by atoms with E-state index in [0.29, 0.717) is 27.8 Å². The third-order valence-corrected chi connectivity index (χ3v) is 11.7. The predicted octanol–water partition coefficient (Wildman–Crippen LogP) is 3.66. The van der Waals surface area contributed by atoms with Gasteiger partial charge in [0.25, 0.3) is 5.91 Å². The number of likely N-dealkylation sites (N-methyl/N-ethyl adjacent to an activating group) is 1. The Balaban J connectivity index is 1.23. The van der Waals surface area contributed by atoms with E-state index in [4.69, 9.17) is 44.8 Å². The van der Waals surface area contributed by atoms with Crippen molar-refractivity contribution in [2.24, 2.45) is 0 Å². The molecule has 1 fully saturated rings. The fourth-order valence-electron chi connectivity index (χ4n) is 8.68. The maximum Gasteiger partial charge on any atom is 0.341 e. The third kappa shape index (κ3) is 6.97. The zero-order valence-corrected chi connectivity index (χ0v) is 34.1. The Hall–Kier alpha value is -5.46. The van der Waals surface area contributed by atoms with Crippen LogP contribution in [0.4, 0.5) is 5.69 Å². The number of anilines is 1. The van der Waals surface area contributed by atoms with Crippen LogP contribution in [0.2, 0.25) is 5.02 Å². The first kappa shape index (κ1) is 41.3. The number of methoxy groups -OCH3 is 1. The lowest BCUT2D eigenvalue weighted by Crippen LogP contribution is -2.67. The molecule has 8 aliphatic rings. The number of phenols is 1. The summed E-state index contributed by atoms with van der Waals surface area (Å²) in [5, 5.41) is 37.0. The van der Waals surface area contributed by atoms with Crippen LogP contribution in [0.5, 0.6) is 23.0 Å². The summed E-state index contributed by atoms with van der Waals surface area (Å²) < 4.78 is 42.7. The lowest BCUT2D eigenvalue weighted by Gasteiger charge is -2.51. The van der Waals surface area contributed by atoms with Crippen LogP contribution in [-0.4, -0.2) is 102 Å². The number of rotatable bonds is 6. The van der Waals surface area contributed by atoms with Crippen molar-refractivity contribution in [1.29, 1.82) is 0 Å². The summed E-state index contributed by atoms with van der Waals surface area (Å²) in [5.74, 6) is -2.50. The first-order valence-electron chi connectivity index (χ1n) is 19.1. The van der Waals surface area contributed by atoms with Crippen molar-refractivity contribution in [2.45, 2.75) is 74.3 Å². The molecule has 0 unspecified atom stereocenters. The second-order valence-corrected chi connectivity index (χ2v) is 16.4. The van der Waals surface area contributed by atoms with Crippen molar-refractivity contribution in [1.82, 2.24) is 4.90 Å². The van der Waals surface area contributed by atoms with Crippen molar-refractivity contribution in [3.8, 4) is 23.0 Å². The van der Waals surface area contributed by atoms with Crippen LogP contribution in [0.25, 0.3) is 5.57 Å². The molecule has 16 nitrogen and oxygen atoms in total. The Morgan fingerprint density at radius 1 is 1.08 bits per heavy atom. The smallest absolute Gasteiger partial charge is 0.341 e. The fraction of sp³-hybridized carbons (Fsp3) is 0.372. The number of aliphatic hydroxyl groups is 2. The Morgan fingerprint density at radius 2 is 1.85 bits per heavy atom. The molecule has 17 heteroatoms. The third-order valence-electron chi connectivity index (χ3n) is 11.5. The van der Waals surface area contributed by atoms with Gasteiger partial charge in [-0.25, -0.2) is 4.79 Å². The molecule has 0 aromatic heterocycles. The lowest BCUT2D eigenvalue weighted by atomic mass is 9.86. The number of aliphatic hydroxyl groups excluding tert-OH is 2. The average molecular weight is 847 g/mol. The molecule has 6 heterocycles. The molecule has 6 bridgehead atoms. The van der Waals surface area contributed by atoms with Crippen molar-refractivity contribution in [2.75, 3.05) is 33.1 Å². The summed E-state index contributed by atoms with van der Waals surface area (Å²) in [6, 6.07) is 9.59. The summed E-state index contributed by atoms with van der Waals surface area (Å²) in [5.41, 5.74) is 3.94. The van der Waals surface area contributed by atoms with E-state index in [1.807, 2.05) is 0 Å². The SMILES string of the molecule is C=C1Oc2cc(OC)cc(C(=O)O[C@H]3COC(=O)C[C@@H]([NH3+])c4cc(O)c(c(Cl)c4)O[C@H]4c5ccc3cc5C3=CC=C[C@]34O[C@@H]3OC(C)(C)[C@@H](N(C)C)[C@H](O)[C@H]3O)c2NC1=O. The van der Waals surface area contributed by atoms with E-state index in [-0.39, 0.29) is 51.5 Å². The number of benzene rings is 3. The van der Waals surface area contributed by atoms with Gasteiger partial charge in [0, 0.05) is 17.2 Å². The topological polar surface area (TPSA) is 219 Å². The zero-order chi connectivity index (χ0) is 43.0. The normalized spacial score (nSPS) is 28.9. The maximum atomic E-state index is 14.1. The molecule has 3 aromatic rings. The van der Waals surface area contributed by atoms with Gasteiger partial charge in [-0.2, -0.15) is 0 Å². The number of carbonyl (C=O) groups excluding carboxylic acids is 3. The van der Waals surface area contributed by atoms with E-state index in [0.717, 1.165) is 0 Å². The maximum absolute atomic E-state index is 14.1. The number of ether oxygens (including phenoxy) is 7. The van der Waals surface area contributed by atoms with E-state index in [1.54, 1.807) is 69.3 Å². The number of hydrogen-bond donors (Lipinski definition) is 5. The van der Waals surface area contributed by atoms with Crippen LogP contribution in [0, 0.1) is 0 Å². The Kier molecular flexibility index (Phi) is 10.5. The van der Waals surface area contributed by atoms with Crippen LogP contribution in [0.3, 0.4) is 0 Å². The number of esters is 2. The highest BCUT2D eigenvalue weighted by Gasteiger charge is 2.58. The molecular weight excluding hydrogens is 802 g/mol. The van der Waals surface area contributed by atoms with Crippen molar-refractivity contribution >= 4 is 40.7 Å². The number of phenolic OH excluding ortho intramolecular Hbond substituents is 1. The molecule has 2 aliphatic carbocycles. The minimum Gasteiger partial charge on any atom is -0.504 e. The van der Waals surface area contributed by atoms with E-state index < -0.39 is 78.4 Å². The second kappa shape index (κ2) is 15.2. The Bertz CT molecular complexity index is 2360. The summed E-state index contributed by atoms with van der Waals surface area (Å²) >= 11 is 6.80. The van der Waals surface area contributed by atoms with Gasteiger partial charge >= 0.3 is 11.9 Å². The highest BCUT2D eigenvalue weighted by molar-refractivity contribution is 6.32. The predicted molar refractivity (Wildman–Crippen MR) is 213 cm³/mol. The summed E-state index contributed by atoms with van der Waals surface area (Å²) in [4.78, 5) is 41.8. The largest absolute Gasteiger partial charge is 0.504 e. The molecule has 7 N–H and O–H groups in total.